The molecule has 5 heteroatoms. The normalized spacial score (nSPS) is 9.73. The monoisotopic (exact) mass is 218 g/mol. The minimum Gasteiger partial charge on any atom is -0.464 e. The van der Waals surface area contributed by atoms with Crippen molar-refractivity contribution in [1.29, 1.82) is 0 Å². The van der Waals surface area contributed by atoms with Crippen molar-refractivity contribution >= 4 is 21.9 Å². The molecule has 0 aliphatic heterocycles. The predicted octanol–water partition coefficient (Wildman–Crippen LogP) is 0.969. The van der Waals surface area contributed by atoms with Crippen molar-refractivity contribution in [2.75, 3.05) is 7.11 Å². The van der Waals surface area contributed by atoms with E-state index in [4.69, 9.17) is 0 Å². The Morgan fingerprint density at radius 1 is 1.82 bits per heavy atom. The van der Waals surface area contributed by atoms with Crippen LogP contribution in [0.1, 0.15) is 10.5 Å². The molecule has 0 bridgehead atoms. The number of halogens is 1. The molecule has 1 aromatic rings. The van der Waals surface area contributed by atoms with E-state index < -0.39 is 5.97 Å². The molecule has 0 spiro atoms. The smallest absolute Gasteiger partial charge is 0.358 e. The van der Waals surface area contributed by atoms with Gasteiger partial charge in [-0.1, -0.05) is 0 Å². The van der Waals surface area contributed by atoms with Crippen molar-refractivity contribution in [3.05, 3.63) is 16.4 Å². The number of methoxy groups -OCH3 is 1. The van der Waals surface area contributed by atoms with Crippen LogP contribution >= 0.6 is 15.9 Å². The Balaban J connectivity index is 2.97. The largest absolute Gasteiger partial charge is 0.464 e. The number of hydrogen-bond acceptors (Lipinski definition) is 3. The molecule has 0 saturated carbocycles. The second-order valence-corrected chi connectivity index (χ2v) is 2.78. The average molecular weight is 219 g/mol. The van der Waals surface area contributed by atoms with Crippen molar-refractivity contribution in [1.82, 2.24) is 9.78 Å². The molecule has 0 aliphatic carbocycles. The SMILES string of the molecule is COC(=O)c1cc(Br)n(C)n1. The summed E-state index contributed by atoms with van der Waals surface area (Å²) < 4.78 is 6.76. The fourth-order valence-electron chi connectivity index (χ4n) is 0.649. The molecule has 0 aromatic carbocycles. The van der Waals surface area contributed by atoms with Crippen LogP contribution in [0, 0.1) is 0 Å². The molecule has 1 rings (SSSR count). The molecule has 0 N–H and O–H groups in total. The number of esters is 1. The van der Waals surface area contributed by atoms with E-state index in [-0.39, 0.29) is 0 Å². The topological polar surface area (TPSA) is 44.1 Å². The second kappa shape index (κ2) is 3.04. The minimum absolute atomic E-state index is 0.307. The molecule has 1 heterocycles. The van der Waals surface area contributed by atoms with Gasteiger partial charge >= 0.3 is 5.97 Å². The first kappa shape index (κ1) is 8.26. The van der Waals surface area contributed by atoms with Gasteiger partial charge in [0.2, 0.25) is 0 Å². The lowest BCUT2D eigenvalue weighted by Crippen LogP contribution is -2.02. The Bertz CT molecular complexity index is 263. The van der Waals surface area contributed by atoms with Crippen LogP contribution in [0.3, 0.4) is 0 Å². The van der Waals surface area contributed by atoms with E-state index in [1.807, 2.05) is 0 Å². The predicted molar refractivity (Wildman–Crippen MR) is 42.2 cm³/mol. The molecule has 11 heavy (non-hydrogen) atoms. The highest BCUT2D eigenvalue weighted by Gasteiger charge is 2.10. The van der Waals surface area contributed by atoms with Crippen LogP contribution in [0.2, 0.25) is 0 Å². The summed E-state index contributed by atoms with van der Waals surface area (Å²) >= 11 is 3.21. The van der Waals surface area contributed by atoms with Crippen molar-refractivity contribution in [2.45, 2.75) is 0 Å². The first-order chi connectivity index (χ1) is 5.15. The number of aromatic nitrogens is 2. The summed E-state index contributed by atoms with van der Waals surface area (Å²) in [7, 11) is 3.06. The molecule has 0 radical (unpaired) electrons. The number of hydrogen-bond donors (Lipinski definition) is 0. The van der Waals surface area contributed by atoms with Gasteiger partial charge < -0.3 is 4.74 Å². The van der Waals surface area contributed by atoms with E-state index >= 15 is 0 Å². The molecule has 0 saturated heterocycles. The zero-order valence-corrected chi connectivity index (χ0v) is 7.75. The van der Waals surface area contributed by atoms with E-state index in [1.54, 1.807) is 17.8 Å². The summed E-state index contributed by atoms with van der Waals surface area (Å²) in [6.07, 6.45) is 0. The number of rotatable bonds is 1. The number of nitrogens with zero attached hydrogens (tertiary/aromatic N) is 2. The molecule has 1 aromatic heterocycles. The molecule has 0 aliphatic rings. The average Bonchev–Trinajstić information content (AvgIpc) is 2.31. The summed E-state index contributed by atoms with van der Waals surface area (Å²) in [5.41, 5.74) is 0.307. The van der Waals surface area contributed by atoms with Gasteiger partial charge in [-0.25, -0.2) is 4.79 Å². The number of ether oxygens (including phenoxy) is 1. The first-order valence-corrected chi connectivity index (χ1v) is 3.72. The quantitative estimate of drug-likeness (QED) is 0.661. The Kier molecular flexibility index (Phi) is 2.28. The van der Waals surface area contributed by atoms with Gasteiger partial charge in [0.15, 0.2) is 5.69 Å². The fourth-order valence-corrected chi connectivity index (χ4v) is 0.945. The number of carbonyl (C=O) groups excluding carboxylic acids is 1. The Morgan fingerprint density at radius 2 is 2.45 bits per heavy atom. The van der Waals surface area contributed by atoms with Crippen LogP contribution in [0.15, 0.2) is 10.7 Å². The maximum Gasteiger partial charge on any atom is 0.358 e. The van der Waals surface area contributed by atoms with E-state index in [1.165, 1.54) is 7.11 Å². The van der Waals surface area contributed by atoms with Gasteiger partial charge in [0.05, 0.1) is 7.11 Å². The van der Waals surface area contributed by atoms with Crippen LogP contribution < -0.4 is 0 Å². The minimum atomic E-state index is -0.425. The molecular weight excluding hydrogens is 212 g/mol. The van der Waals surface area contributed by atoms with Gasteiger partial charge in [-0.2, -0.15) is 5.10 Å². The molecular formula is C6H7BrN2O2. The number of carbonyl (C=O) groups is 1. The highest BCUT2D eigenvalue weighted by atomic mass is 79.9. The second-order valence-electron chi connectivity index (χ2n) is 1.97. The lowest BCUT2D eigenvalue weighted by atomic mass is 10.4. The highest BCUT2D eigenvalue weighted by Crippen LogP contribution is 2.10. The van der Waals surface area contributed by atoms with E-state index in [2.05, 4.69) is 25.8 Å². The van der Waals surface area contributed by atoms with Crippen molar-refractivity contribution in [3.8, 4) is 0 Å². The number of aryl methyl sites for hydroxylation is 1. The van der Waals surface area contributed by atoms with Crippen molar-refractivity contribution < 1.29 is 9.53 Å². The maximum atomic E-state index is 10.9. The summed E-state index contributed by atoms with van der Waals surface area (Å²) in [6.45, 7) is 0. The zero-order chi connectivity index (χ0) is 8.43. The highest BCUT2D eigenvalue weighted by molar-refractivity contribution is 9.10. The van der Waals surface area contributed by atoms with Crippen LogP contribution in [0.25, 0.3) is 0 Å². The molecule has 4 nitrogen and oxygen atoms in total. The first-order valence-electron chi connectivity index (χ1n) is 2.93. The van der Waals surface area contributed by atoms with Gasteiger partial charge in [0.25, 0.3) is 0 Å². The van der Waals surface area contributed by atoms with Crippen LogP contribution in [-0.4, -0.2) is 22.9 Å². The third kappa shape index (κ3) is 1.59. The van der Waals surface area contributed by atoms with E-state index in [0.29, 0.717) is 5.69 Å². The molecule has 0 amide bonds. The van der Waals surface area contributed by atoms with E-state index in [0.717, 1.165) is 4.60 Å². The molecule has 0 atom stereocenters. The van der Waals surface area contributed by atoms with Gasteiger partial charge in [-0.15, -0.1) is 0 Å². The fraction of sp³-hybridized carbons (Fsp3) is 0.333. The Hall–Kier alpha value is -0.840. The van der Waals surface area contributed by atoms with Crippen LogP contribution in [0.5, 0.6) is 0 Å². The van der Waals surface area contributed by atoms with Gasteiger partial charge in [-0.3, -0.25) is 4.68 Å². The third-order valence-electron chi connectivity index (χ3n) is 1.22. The zero-order valence-electron chi connectivity index (χ0n) is 6.17. The summed E-state index contributed by atoms with van der Waals surface area (Å²) in [4.78, 5) is 10.9. The van der Waals surface area contributed by atoms with Gasteiger partial charge in [-0.05, 0) is 15.9 Å². The summed E-state index contributed by atoms with van der Waals surface area (Å²) in [5, 5.41) is 3.88. The van der Waals surface area contributed by atoms with Gasteiger partial charge in [0, 0.05) is 13.1 Å². The summed E-state index contributed by atoms with van der Waals surface area (Å²) in [5.74, 6) is -0.425. The lowest BCUT2D eigenvalue weighted by Gasteiger charge is -1.90. The van der Waals surface area contributed by atoms with Crippen molar-refractivity contribution in [3.63, 3.8) is 0 Å². The maximum absolute atomic E-state index is 10.9. The Labute approximate surface area is 72.3 Å². The Morgan fingerprint density at radius 3 is 2.82 bits per heavy atom. The third-order valence-corrected chi connectivity index (χ3v) is 1.96. The van der Waals surface area contributed by atoms with E-state index in [9.17, 15) is 4.79 Å². The lowest BCUT2D eigenvalue weighted by molar-refractivity contribution is 0.0593. The van der Waals surface area contributed by atoms with Gasteiger partial charge in [0.1, 0.15) is 4.60 Å². The standard InChI is InChI=1S/C6H7BrN2O2/c1-9-5(7)3-4(8-9)6(10)11-2/h3H,1-2H3. The molecule has 0 unspecified atom stereocenters. The van der Waals surface area contributed by atoms with Crippen LogP contribution in [-0.2, 0) is 11.8 Å². The van der Waals surface area contributed by atoms with Crippen LogP contribution in [0.4, 0.5) is 0 Å². The molecule has 60 valence electrons. The van der Waals surface area contributed by atoms with Crippen molar-refractivity contribution in [2.24, 2.45) is 7.05 Å². The molecule has 0 fully saturated rings. The summed E-state index contributed by atoms with van der Waals surface area (Å²) in [6, 6.07) is 1.60.